The molecule has 55 valence electrons. The summed E-state index contributed by atoms with van der Waals surface area (Å²) in [6.45, 7) is 3.79. The lowest BCUT2D eigenvalue weighted by Gasteiger charge is -2.08. The predicted octanol–water partition coefficient (Wildman–Crippen LogP) is 2.94. The smallest absolute Gasteiger partial charge is 0.192 e. The van der Waals surface area contributed by atoms with Crippen molar-refractivity contribution in [1.82, 2.24) is 0 Å². The molecule has 0 aliphatic heterocycles. The topological polar surface area (TPSA) is 9.23 Å². The highest BCUT2D eigenvalue weighted by molar-refractivity contribution is 6.67. The summed E-state index contributed by atoms with van der Waals surface area (Å²) in [5, 5.41) is 0. The number of ether oxygens (including phenoxy) is 1. The van der Waals surface area contributed by atoms with Gasteiger partial charge in [0.15, 0.2) is 3.79 Å². The molecule has 0 aliphatic carbocycles. The maximum Gasteiger partial charge on any atom is 0.192 e. The number of halogens is 3. The molecule has 0 bridgehead atoms. The first kappa shape index (κ1) is 9.83. The Bertz CT molecular complexity index is 69.1. The molecule has 0 N–H and O–H groups in total. The first-order valence-corrected chi connectivity index (χ1v) is 3.66. The molecule has 1 nitrogen and oxygen atoms in total. The Hall–Kier alpha value is 0.830. The molecule has 0 atom stereocenters. The van der Waals surface area contributed by atoms with Gasteiger partial charge in [0.05, 0.1) is 13.2 Å². The van der Waals surface area contributed by atoms with Gasteiger partial charge in [-0.2, -0.15) is 0 Å². The monoisotopic (exact) mass is 189 g/mol. The predicted molar refractivity (Wildman–Crippen MR) is 40.8 cm³/mol. The molecule has 0 fully saturated rings. The summed E-state index contributed by atoms with van der Waals surface area (Å²) in [5.74, 6) is 0. The van der Waals surface area contributed by atoms with Crippen molar-refractivity contribution in [3.8, 4) is 0 Å². The van der Waals surface area contributed by atoms with E-state index in [-0.39, 0.29) is 0 Å². The molecule has 0 saturated carbocycles. The molecule has 0 amide bonds. The zero-order chi connectivity index (χ0) is 7.33. The Kier molecular flexibility index (Phi) is 5.04. The Morgan fingerprint density at radius 3 is 2.33 bits per heavy atom. The number of alkyl halides is 3. The molecule has 0 aromatic carbocycles. The van der Waals surface area contributed by atoms with E-state index in [1.54, 1.807) is 13.5 Å². The first-order chi connectivity index (χ1) is 4.06. The van der Waals surface area contributed by atoms with Crippen LogP contribution in [-0.2, 0) is 4.74 Å². The Balaban J connectivity index is 3.07. The van der Waals surface area contributed by atoms with Gasteiger partial charge in [-0.15, -0.1) is 0 Å². The number of rotatable bonds is 3. The average molecular weight is 190 g/mol. The fraction of sp³-hybridized carbons (Fsp3) is 0.800. The van der Waals surface area contributed by atoms with Gasteiger partial charge in [0.1, 0.15) is 0 Å². The van der Waals surface area contributed by atoms with E-state index in [0.717, 1.165) is 0 Å². The van der Waals surface area contributed by atoms with Crippen LogP contribution in [0.25, 0.3) is 0 Å². The minimum atomic E-state index is -1.18. The molecule has 0 aliphatic rings. The standard InChI is InChI=1S/C5H8Cl3O/c1-2-9-4-3-5(6,7)8/h2H,3-4H2,1H3. The third-order valence-corrected chi connectivity index (χ3v) is 1.24. The van der Waals surface area contributed by atoms with E-state index >= 15 is 0 Å². The third-order valence-electron chi connectivity index (χ3n) is 0.670. The molecule has 0 aromatic heterocycles. The summed E-state index contributed by atoms with van der Waals surface area (Å²) in [7, 11) is 0. The van der Waals surface area contributed by atoms with Gasteiger partial charge in [-0.25, -0.2) is 0 Å². The molecule has 0 saturated heterocycles. The van der Waals surface area contributed by atoms with Crippen molar-refractivity contribution in [1.29, 1.82) is 0 Å². The van der Waals surface area contributed by atoms with Crippen LogP contribution >= 0.6 is 34.8 Å². The van der Waals surface area contributed by atoms with Crippen LogP contribution < -0.4 is 0 Å². The van der Waals surface area contributed by atoms with Gasteiger partial charge in [-0.05, 0) is 6.92 Å². The average Bonchev–Trinajstić information content (AvgIpc) is 1.63. The zero-order valence-corrected chi connectivity index (χ0v) is 7.30. The van der Waals surface area contributed by atoms with Crippen molar-refractivity contribution < 1.29 is 4.74 Å². The summed E-state index contributed by atoms with van der Waals surface area (Å²) < 4.78 is 3.65. The Morgan fingerprint density at radius 2 is 2.00 bits per heavy atom. The van der Waals surface area contributed by atoms with E-state index in [4.69, 9.17) is 39.5 Å². The SMILES string of the molecule is C[CH]OCCC(Cl)(Cl)Cl. The van der Waals surface area contributed by atoms with Crippen molar-refractivity contribution in [2.24, 2.45) is 0 Å². The second-order valence-electron chi connectivity index (χ2n) is 1.47. The van der Waals surface area contributed by atoms with Gasteiger partial charge >= 0.3 is 0 Å². The quantitative estimate of drug-likeness (QED) is 0.491. The molecule has 0 rings (SSSR count). The van der Waals surface area contributed by atoms with E-state index in [0.29, 0.717) is 13.0 Å². The van der Waals surface area contributed by atoms with Crippen LogP contribution in [0.5, 0.6) is 0 Å². The molecule has 4 heteroatoms. The summed E-state index contributed by atoms with van der Waals surface area (Å²) in [6, 6.07) is 0. The van der Waals surface area contributed by atoms with Crippen molar-refractivity contribution in [2.45, 2.75) is 17.1 Å². The lowest BCUT2D eigenvalue weighted by atomic mass is 10.5. The molecule has 0 spiro atoms. The van der Waals surface area contributed by atoms with E-state index in [2.05, 4.69) is 0 Å². The summed E-state index contributed by atoms with van der Waals surface area (Å²) in [6.07, 6.45) is 0.419. The van der Waals surface area contributed by atoms with Crippen LogP contribution in [0.2, 0.25) is 0 Å². The molecule has 9 heavy (non-hydrogen) atoms. The van der Waals surface area contributed by atoms with Gasteiger partial charge in [0.2, 0.25) is 0 Å². The van der Waals surface area contributed by atoms with Crippen LogP contribution in [0.15, 0.2) is 0 Å². The lowest BCUT2D eigenvalue weighted by Crippen LogP contribution is -2.05. The largest absolute Gasteiger partial charge is 0.376 e. The maximum atomic E-state index is 5.41. The second kappa shape index (κ2) is 4.62. The highest BCUT2D eigenvalue weighted by Gasteiger charge is 2.18. The van der Waals surface area contributed by atoms with Gasteiger partial charge in [-0.1, -0.05) is 34.8 Å². The van der Waals surface area contributed by atoms with Crippen molar-refractivity contribution >= 4 is 34.8 Å². The highest BCUT2D eigenvalue weighted by atomic mass is 35.6. The van der Waals surface area contributed by atoms with E-state index in [1.165, 1.54) is 0 Å². The third kappa shape index (κ3) is 8.83. The van der Waals surface area contributed by atoms with E-state index in [9.17, 15) is 0 Å². The fourth-order valence-corrected chi connectivity index (χ4v) is 0.524. The minimum absolute atomic E-state index is 0.419. The molecule has 0 unspecified atom stereocenters. The van der Waals surface area contributed by atoms with E-state index < -0.39 is 3.79 Å². The molecule has 1 radical (unpaired) electrons. The van der Waals surface area contributed by atoms with Gasteiger partial charge < -0.3 is 4.74 Å². The molecule has 0 aromatic rings. The van der Waals surface area contributed by atoms with Crippen molar-refractivity contribution in [3.05, 3.63) is 6.61 Å². The second-order valence-corrected chi connectivity index (χ2v) is 3.99. The van der Waals surface area contributed by atoms with Gasteiger partial charge in [-0.3, -0.25) is 0 Å². The van der Waals surface area contributed by atoms with Crippen molar-refractivity contribution in [3.63, 3.8) is 0 Å². The van der Waals surface area contributed by atoms with E-state index in [1.807, 2.05) is 0 Å². The summed E-state index contributed by atoms with van der Waals surface area (Å²) in [5.41, 5.74) is 0. The van der Waals surface area contributed by atoms with Crippen LogP contribution in [0.3, 0.4) is 0 Å². The van der Waals surface area contributed by atoms with Gasteiger partial charge in [0, 0.05) is 6.42 Å². The van der Waals surface area contributed by atoms with Crippen LogP contribution in [-0.4, -0.2) is 10.4 Å². The van der Waals surface area contributed by atoms with Crippen LogP contribution in [0, 0.1) is 6.61 Å². The van der Waals surface area contributed by atoms with Crippen LogP contribution in [0.4, 0.5) is 0 Å². The summed E-state index contributed by atoms with van der Waals surface area (Å²) >= 11 is 16.2. The molecule has 0 heterocycles. The molecular formula is C5H8Cl3O. The molecular weight excluding hydrogens is 182 g/mol. The first-order valence-electron chi connectivity index (χ1n) is 2.52. The number of hydrogen-bond donors (Lipinski definition) is 0. The zero-order valence-electron chi connectivity index (χ0n) is 5.03. The minimum Gasteiger partial charge on any atom is -0.376 e. The van der Waals surface area contributed by atoms with Crippen LogP contribution in [0.1, 0.15) is 13.3 Å². The Morgan fingerprint density at radius 1 is 1.44 bits per heavy atom. The Labute approximate surface area is 70.2 Å². The normalized spacial score (nSPS) is 12.0. The van der Waals surface area contributed by atoms with Crippen molar-refractivity contribution in [2.75, 3.05) is 6.61 Å². The summed E-state index contributed by atoms with van der Waals surface area (Å²) in [4.78, 5) is 0. The lowest BCUT2D eigenvalue weighted by molar-refractivity contribution is 0.201. The van der Waals surface area contributed by atoms with Gasteiger partial charge in [0.25, 0.3) is 0 Å². The maximum absolute atomic E-state index is 5.41. The fourth-order valence-electron chi connectivity index (χ4n) is 0.293. The number of hydrogen-bond acceptors (Lipinski definition) is 1. The highest BCUT2D eigenvalue weighted by Crippen LogP contribution is 2.29.